The zero-order valence-electron chi connectivity index (χ0n) is 13.5. The van der Waals surface area contributed by atoms with E-state index in [-0.39, 0.29) is 17.6 Å². The van der Waals surface area contributed by atoms with Crippen LogP contribution < -0.4 is 0 Å². The van der Waals surface area contributed by atoms with Crippen LogP contribution >= 0.6 is 15.9 Å². The van der Waals surface area contributed by atoms with Crippen molar-refractivity contribution in [2.45, 2.75) is 34.1 Å². The van der Waals surface area contributed by atoms with Gasteiger partial charge in [-0.05, 0) is 42.9 Å². The van der Waals surface area contributed by atoms with Gasteiger partial charge < -0.3 is 22.3 Å². The van der Waals surface area contributed by atoms with Crippen molar-refractivity contribution in [3.63, 3.8) is 0 Å². The van der Waals surface area contributed by atoms with E-state index in [0.29, 0.717) is 28.0 Å². The van der Waals surface area contributed by atoms with Gasteiger partial charge in [-0.15, -0.1) is 0 Å². The van der Waals surface area contributed by atoms with E-state index in [9.17, 15) is 4.79 Å². The molecule has 0 amide bonds. The molecular formula is C15H18BBrF2N2O2. The number of hydrogen-bond donors (Lipinski definition) is 0. The van der Waals surface area contributed by atoms with E-state index in [1.165, 1.54) is 6.20 Å². The molecule has 1 aromatic rings. The number of esters is 1. The van der Waals surface area contributed by atoms with Crippen LogP contribution in [0.5, 0.6) is 0 Å². The highest BCUT2D eigenvalue weighted by Crippen LogP contribution is 2.43. The first-order chi connectivity index (χ1) is 10.6. The van der Waals surface area contributed by atoms with Crippen LogP contribution in [0.15, 0.2) is 16.4 Å². The van der Waals surface area contributed by atoms with Gasteiger partial charge in [-0.3, -0.25) is 0 Å². The molecule has 0 N–H and O–H groups in total. The van der Waals surface area contributed by atoms with Crippen molar-refractivity contribution in [3.05, 3.63) is 27.6 Å². The predicted octanol–water partition coefficient (Wildman–Crippen LogP) is 3.91. The molecule has 0 saturated heterocycles. The molecule has 0 aromatic carbocycles. The van der Waals surface area contributed by atoms with Gasteiger partial charge in [0.2, 0.25) is 0 Å². The molecule has 0 spiro atoms. The number of halogens is 3. The molecule has 4 nitrogen and oxygen atoms in total. The zero-order chi connectivity index (χ0) is 17.2. The van der Waals surface area contributed by atoms with Crippen LogP contribution in [0, 0.1) is 5.41 Å². The number of nitrogens with zero attached hydrogens (tertiary/aromatic N) is 2. The van der Waals surface area contributed by atoms with Gasteiger partial charge in [-0.25, -0.2) is 4.79 Å². The summed E-state index contributed by atoms with van der Waals surface area (Å²) in [5.41, 5.74) is 1.35. The highest BCUT2D eigenvalue weighted by Gasteiger charge is 2.56. The summed E-state index contributed by atoms with van der Waals surface area (Å²) in [6.07, 6.45) is 3.45. The maximum atomic E-state index is 15.1. The second kappa shape index (κ2) is 5.03. The summed E-state index contributed by atoms with van der Waals surface area (Å²) < 4.78 is 37.5. The average Bonchev–Trinajstić information content (AvgIpc) is 2.87. The van der Waals surface area contributed by atoms with Gasteiger partial charge >= 0.3 is 12.9 Å². The van der Waals surface area contributed by atoms with Crippen molar-refractivity contribution < 1.29 is 22.6 Å². The second-order valence-electron chi connectivity index (χ2n) is 6.61. The topological polar surface area (TPSA) is 34.2 Å². The number of hydrogen-bond acceptors (Lipinski definition) is 2. The highest BCUT2D eigenvalue weighted by molar-refractivity contribution is 9.10. The Morgan fingerprint density at radius 3 is 2.78 bits per heavy atom. The summed E-state index contributed by atoms with van der Waals surface area (Å²) >= 11 is 3.29. The van der Waals surface area contributed by atoms with E-state index in [0.717, 1.165) is 8.96 Å². The SMILES string of the molecule is CCOC(=O)c1cn2c(c1Br)C=C1CC(C)(C)C(C)=[N+]1[B-]2(F)F. The van der Waals surface area contributed by atoms with E-state index >= 15 is 8.63 Å². The molecule has 3 rings (SSSR count). The van der Waals surface area contributed by atoms with Crippen LogP contribution in [0.1, 0.15) is 50.2 Å². The van der Waals surface area contributed by atoms with Gasteiger partial charge in [-0.2, -0.15) is 0 Å². The monoisotopic (exact) mass is 386 g/mol. The maximum absolute atomic E-state index is 15.1. The van der Waals surface area contributed by atoms with Crippen molar-refractivity contribution in [2.75, 3.05) is 6.61 Å². The quantitative estimate of drug-likeness (QED) is 0.570. The minimum atomic E-state index is -4.03. The third-order valence-corrected chi connectivity index (χ3v) is 5.56. The minimum absolute atomic E-state index is 0.123. The molecule has 0 atom stereocenters. The molecule has 124 valence electrons. The van der Waals surface area contributed by atoms with Crippen molar-refractivity contribution >= 4 is 40.7 Å². The molecule has 0 fully saturated rings. The van der Waals surface area contributed by atoms with Crippen molar-refractivity contribution in [2.24, 2.45) is 5.41 Å². The number of rotatable bonds is 2. The lowest BCUT2D eigenvalue weighted by Crippen LogP contribution is -2.49. The fourth-order valence-corrected chi connectivity index (χ4v) is 3.89. The van der Waals surface area contributed by atoms with E-state index in [1.807, 2.05) is 13.8 Å². The Kier molecular flexibility index (Phi) is 3.59. The van der Waals surface area contributed by atoms with Gasteiger partial charge in [0.15, 0.2) is 0 Å². The molecule has 0 saturated carbocycles. The molecule has 1 aromatic heterocycles. The zero-order valence-corrected chi connectivity index (χ0v) is 15.1. The summed E-state index contributed by atoms with van der Waals surface area (Å²) in [6, 6.07) is 0. The summed E-state index contributed by atoms with van der Waals surface area (Å²) in [6.45, 7) is 3.51. The lowest BCUT2D eigenvalue weighted by Gasteiger charge is -2.28. The van der Waals surface area contributed by atoms with E-state index in [2.05, 4.69) is 15.9 Å². The molecule has 0 unspecified atom stereocenters. The highest BCUT2D eigenvalue weighted by atomic mass is 79.9. The molecule has 8 heteroatoms. The molecular weight excluding hydrogens is 369 g/mol. The van der Waals surface area contributed by atoms with Gasteiger partial charge in [0.25, 0.3) is 0 Å². The van der Waals surface area contributed by atoms with Crippen LogP contribution in [-0.4, -0.2) is 34.2 Å². The van der Waals surface area contributed by atoms with Gasteiger partial charge in [0.05, 0.1) is 16.6 Å². The number of carbonyl (C=O) groups is 1. The number of allylic oxidation sites excluding steroid dienone is 1. The average molecular weight is 387 g/mol. The first-order valence-corrected chi connectivity index (χ1v) is 8.34. The minimum Gasteiger partial charge on any atom is -0.462 e. The smallest absolute Gasteiger partial charge is 0.462 e. The molecule has 0 radical (unpaired) electrons. The summed E-state index contributed by atoms with van der Waals surface area (Å²) in [5, 5.41) is 0. The lowest BCUT2D eigenvalue weighted by molar-refractivity contribution is -0.366. The number of ether oxygens (including phenoxy) is 1. The Hall–Kier alpha value is -1.44. The Morgan fingerprint density at radius 1 is 1.52 bits per heavy atom. The van der Waals surface area contributed by atoms with Crippen LogP contribution in [-0.2, 0) is 4.74 Å². The first-order valence-electron chi connectivity index (χ1n) is 7.55. The van der Waals surface area contributed by atoms with Gasteiger partial charge in [-0.1, -0.05) is 0 Å². The molecule has 2 aliphatic heterocycles. The summed E-state index contributed by atoms with van der Waals surface area (Å²) in [4.78, 5) is 12.0. The normalized spacial score (nSPS) is 20.9. The fourth-order valence-electron chi connectivity index (χ4n) is 3.31. The Morgan fingerprint density at radius 2 is 2.17 bits per heavy atom. The van der Waals surface area contributed by atoms with Crippen LogP contribution in [0.2, 0.25) is 0 Å². The molecule has 3 heterocycles. The van der Waals surface area contributed by atoms with Crippen LogP contribution in [0.4, 0.5) is 8.63 Å². The van der Waals surface area contributed by atoms with Gasteiger partial charge in [0.1, 0.15) is 11.4 Å². The van der Waals surface area contributed by atoms with E-state index in [1.54, 1.807) is 19.9 Å². The third kappa shape index (κ3) is 2.22. The van der Waals surface area contributed by atoms with Crippen LogP contribution in [0.3, 0.4) is 0 Å². The molecule has 23 heavy (non-hydrogen) atoms. The second-order valence-corrected chi connectivity index (χ2v) is 7.40. The first kappa shape index (κ1) is 16.4. The largest absolute Gasteiger partial charge is 0.736 e. The maximum Gasteiger partial charge on any atom is 0.736 e. The lowest BCUT2D eigenvalue weighted by atomic mass is 9.86. The standard InChI is InChI=1S/C15H18BBrF2N2O2/c1-5-23-14(22)11-8-20-12(13(11)17)6-10-7-15(3,4)9(2)21(10)16(20,18)19/h6,8H,5,7H2,1-4H3. The van der Waals surface area contributed by atoms with Crippen molar-refractivity contribution in [1.29, 1.82) is 0 Å². The Labute approximate surface area is 142 Å². The summed E-state index contributed by atoms with van der Waals surface area (Å²) in [7, 11) is 0. The van der Waals surface area contributed by atoms with Crippen molar-refractivity contribution in [1.82, 2.24) is 4.48 Å². The van der Waals surface area contributed by atoms with E-state index in [4.69, 9.17) is 4.74 Å². The Balaban J connectivity index is 2.21. The molecule has 0 aliphatic carbocycles. The summed E-state index contributed by atoms with van der Waals surface area (Å²) in [5.74, 6) is -0.604. The number of aromatic nitrogens is 1. The third-order valence-electron chi connectivity index (χ3n) is 4.72. The van der Waals surface area contributed by atoms with E-state index < -0.39 is 12.9 Å². The Bertz CT molecular complexity index is 781. The molecule has 2 aliphatic rings. The molecule has 0 bridgehead atoms. The van der Waals surface area contributed by atoms with Crippen molar-refractivity contribution in [3.8, 4) is 0 Å². The predicted molar refractivity (Wildman–Crippen MR) is 88.8 cm³/mol. The number of carbonyl (C=O) groups excluding carboxylic acids is 1. The van der Waals surface area contributed by atoms with Crippen LogP contribution in [0.25, 0.3) is 6.08 Å². The fraction of sp³-hybridized carbons (Fsp3) is 0.467. The number of fused-ring (bicyclic) bond motifs is 2. The van der Waals surface area contributed by atoms with Gasteiger partial charge in [0, 0.05) is 30.5 Å².